The van der Waals surface area contributed by atoms with Gasteiger partial charge in [-0.25, -0.2) is 8.78 Å². The van der Waals surface area contributed by atoms with Crippen LogP contribution in [0.15, 0.2) is 24.3 Å². The number of benzene rings is 1. The van der Waals surface area contributed by atoms with Crippen molar-refractivity contribution >= 4 is 0 Å². The van der Waals surface area contributed by atoms with Gasteiger partial charge in [0.2, 0.25) is 6.43 Å². The van der Waals surface area contributed by atoms with E-state index in [0.717, 1.165) is 5.56 Å². The standard InChI is InChI=1S/C14H20F2O/c1-9(13(15)16)12(17)10-5-7-11(8-6-10)14(2,3)4/h5-9,12-13,17H,1-4H3. The van der Waals surface area contributed by atoms with Gasteiger partial charge < -0.3 is 5.11 Å². The molecule has 2 unspecified atom stereocenters. The lowest BCUT2D eigenvalue weighted by Gasteiger charge is -2.22. The third kappa shape index (κ3) is 3.50. The van der Waals surface area contributed by atoms with E-state index in [1.54, 1.807) is 12.1 Å². The maximum atomic E-state index is 12.5. The third-order valence-corrected chi connectivity index (χ3v) is 3.01. The molecule has 1 N–H and O–H groups in total. The summed E-state index contributed by atoms with van der Waals surface area (Å²) in [6.07, 6.45) is -3.61. The number of hydrogen-bond donors (Lipinski definition) is 1. The van der Waals surface area contributed by atoms with E-state index >= 15 is 0 Å². The Hall–Kier alpha value is -0.960. The van der Waals surface area contributed by atoms with E-state index in [1.165, 1.54) is 6.92 Å². The van der Waals surface area contributed by atoms with Crippen LogP contribution in [0.4, 0.5) is 8.78 Å². The highest BCUT2D eigenvalue weighted by Gasteiger charge is 2.25. The number of aliphatic hydroxyl groups is 1. The van der Waals surface area contributed by atoms with Crippen molar-refractivity contribution in [3.05, 3.63) is 35.4 Å². The third-order valence-electron chi connectivity index (χ3n) is 3.01. The van der Waals surface area contributed by atoms with Crippen LogP contribution in [0.25, 0.3) is 0 Å². The van der Waals surface area contributed by atoms with Crippen molar-refractivity contribution in [3.63, 3.8) is 0 Å². The van der Waals surface area contributed by atoms with Crippen LogP contribution in [0.3, 0.4) is 0 Å². The van der Waals surface area contributed by atoms with Gasteiger partial charge >= 0.3 is 0 Å². The van der Waals surface area contributed by atoms with E-state index in [-0.39, 0.29) is 5.41 Å². The molecule has 0 heterocycles. The lowest BCUT2D eigenvalue weighted by atomic mass is 9.86. The molecule has 0 aliphatic rings. The summed E-state index contributed by atoms with van der Waals surface area (Å²) in [7, 11) is 0. The van der Waals surface area contributed by atoms with Crippen LogP contribution in [0.5, 0.6) is 0 Å². The highest BCUT2D eigenvalue weighted by molar-refractivity contribution is 5.28. The lowest BCUT2D eigenvalue weighted by molar-refractivity contribution is 0.000619. The van der Waals surface area contributed by atoms with Crippen molar-refractivity contribution in [2.24, 2.45) is 5.92 Å². The van der Waals surface area contributed by atoms with Gasteiger partial charge in [-0.2, -0.15) is 0 Å². The van der Waals surface area contributed by atoms with Gasteiger partial charge in [0, 0.05) is 5.92 Å². The fourth-order valence-electron chi connectivity index (χ4n) is 1.62. The predicted molar refractivity (Wildman–Crippen MR) is 65.3 cm³/mol. The zero-order valence-corrected chi connectivity index (χ0v) is 10.7. The molecular weight excluding hydrogens is 222 g/mol. The molecule has 0 aliphatic heterocycles. The van der Waals surface area contributed by atoms with Crippen LogP contribution in [0.2, 0.25) is 0 Å². The summed E-state index contributed by atoms with van der Waals surface area (Å²) in [5, 5.41) is 9.77. The SMILES string of the molecule is CC(C(F)F)C(O)c1ccc(C(C)(C)C)cc1. The van der Waals surface area contributed by atoms with E-state index < -0.39 is 18.4 Å². The van der Waals surface area contributed by atoms with Gasteiger partial charge in [-0.05, 0) is 16.5 Å². The minimum Gasteiger partial charge on any atom is -0.388 e. The molecule has 1 aromatic rings. The quantitative estimate of drug-likeness (QED) is 0.851. The number of hydrogen-bond acceptors (Lipinski definition) is 1. The highest BCUT2D eigenvalue weighted by Crippen LogP contribution is 2.29. The average Bonchev–Trinajstić information content (AvgIpc) is 2.26. The first-order valence-corrected chi connectivity index (χ1v) is 5.80. The van der Waals surface area contributed by atoms with Gasteiger partial charge in [0.05, 0.1) is 6.10 Å². The van der Waals surface area contributed by atoms with Crippen molar-refractivity contribution in [2.75, 3.05) is 0 Å². The molecule has 0 saturated heterocycles. The maximum absolute atomic E-state index is 12.5. The molecule has 3 heteroatoms. The Bertz CT molecular complexity index is 351. The highest BCUT2D eigenvalue weighted by atomic mass is 19.3. The second kappa shape index (κ2) is 5.13. The summed E-state index contributed by atoms with van der Waals surface area (Å²) in [6, 6.07) is 7.22. The zero-order valence-electron chi connectivity index (χ0n) is 10.7. The number of rotatable bonds is 3. The molecule has 0 fully saturated rings. The second-order valence-corrected chi connectivity index (χ2v) is 5.51. The van der Waals surface area contributed by atoms with Gasteiger partial charge in [-0.1, -0.05) is 52.0 Å². The fraction of sp³-hybridized carbons (Fsp3) is 0.571. The van der Waals surface area contributed by atoms with Crippen LogP contribution in [-0.4, -0.2) is 11.5 Å². The van der Waals surface area contributed by atoms with Crippen molar-refractivity contribution < 1.29 is 13.9 Å². The predicted octanol–water partition coefficient (Wildman–Crippen LogP) is 3.92. The number of alkyl halides is 2. The molecule has 0 radical (unpaired) electrons. The molecule has 1 nitrogen and oxygen atoms in total. The van der Waals surface area contributed by atoms with E-state index in [2.05, 4.69) is 20.8 Å². The lowest BCUT2D eigenvalue weighted by Crippen LogP contribution is -2.17. The van der Waals surface area contributed by atoms with Gasteiger partial charge in [0.1, 0.15) is 0 Å². The minimum absolute atomic E-state index is 0.0256. The average molecular weight is 242 g/mol. The second-order valence-electron chi connectivity index (χ2n) is 5.51. The van der Waals surface area contributed by atoms with Crippen molar-refractivity contribution in [2.45, 2.75) is 45.6 Å². The van der Waals surface area contributed by atoms with Crippen molar-refractivity contribution in [1.29, 1.82) is 0 Å². The van der Waals surface area contributed by atoms with Crippen LogP contribution < -0.4 is 0 Å². The van der Waals surface area contributed by atoms with Crippen LogP contribution in [-0.2, 0) is 5.41 Å². The topological polar surface area (TPSA) is 20.2 Å². The van der Waals surface area contributed by atoms with Gasteiger partial charge in [0.15, 0.2) is 0 Å². The monoisotopic (exact) mass is 242 g/mol. The maximum Gasteiger partial charge on any atom is 0.243 e. The molecule has 17 heavy (non-hydrogen) atoms. The minimum atomic E-state index is -2.51. The Kier molecular flexibility index (Phi) is 4.26. The fourth-order valence-corrected chi connectivity index (χ4v) is 1.62. The Labute approximate surface area is 101 Å². The van der Waals surface area contributed by atoms with Gasteiger partial charge in [-0.15, -0.1) is 0 Å². The van der Waals surface area contributed by atoms with Gasteiger partial charge in [0.25, 0.3) is 0 Å². The summed E-state index contributed by atoms with van der Waals surface area (Å²) in [4.78, 5) is 0. The molecule has 1 aromatic carbocycles. The Balaban J connectivity index is 2.88. The normalized spacial score (nSPS) is 16.0. The molecule has 0 amide bonds. The molecule has 0 spiro atoms. The van der Waals surface area contributed by atoms with Gasteiger partial charge in [-0.3, -0.25) is 0 Å². The molecule has 0 aromatic heterocycles. The molecular formula is C14H20F2O. The van der Waals surface area contributed by atoms with Crippen molar-refractivity contribution in [3.8, 4) is 0 Å². The summed E-state index contributed by atoms with van der Waals surface area (Å²) < 4.78 is 24.9. The Morgan fingerprint density at radius 2 is 1.53 bits per heavy atom. The van der Waals surface area contributed by atoms with Crippen molar-refractivity contribution in [1.82, 2.24) is 0 Å². The molecule has 0 aliphatic carbocycles. The van der Waals surface area contributed by atoms with E-state index in [9.17, 15) is 13.9 Å². The molecule has 2 atom stereocenters. The summed E-state index contributed by atoms with van der Waals surface area (Å²) in [5.41, 5.74) is 1.70. The first-order valence-electron chi connectivity index (χ1n) is 5.80. The zero-order chi connectivity index (χ0) is 13.2. The van der Waals surface area contributed by atoms with E-state index in [4.69, 9.17) is 0 Å². The van der Waals surface area contributed by atoms with Crippen LogP contribution >= 0.6 is 0 Å². The Morgan fingerprint density at radius 1 is 1.06 bits per heavy atom. The summed E-state index contributed by atoms with van der Waals surface area (Å²) in [5.74, 6) is -1.05. The van der Waals surface area contributed by atoms with E-state index in [1.807, 2.05) is 12.1 Å². The summed E-state index contributed by atoms with van der Waals surface area (Å²) in [6.45, 7) is 7.60. The molecule has 1 rings (SSSR count). The Morgan fingerprint density at radius 3 is 1.88 bits per heavy atom. The molecule has 0 saturated carbocycles. The van der Waals surface area contributed by atoms with Crippen LogP contribution in [0.1, 0.15) is 44.9 Å². The number of aliphatic hydroxyl groups excluding tert-OH is 1. The van der Waals surface area contributed by atoms with Crippen LogP contribution in [0, 0.1) is 5.92 Å². The largest absolute Gasteiger partial charge is 0.388 e. The molecule has 0 bridgehead atoms. The first kappa shape index (κ1) is 14.1. The first-order chi connectivity index (χ1) is 7.73. The van der Waals surface area contributed by atoms with E-state index in [0.29, 0.717) is 5.56 Å². The number of halogens is 2. The summed E-state index contributed by atoms with van der Waals surface area (Å²) >= 11 is 0. The smallest absolute Gasteiger partial charge is 0.243 e. The molecule has 96 valence electrons.